The van der Waals surface area contributed by atoms with Crippen LogP contribution in [0.3, 0.4) is 0 Å². The van der Waals surface area contributed by atoms with Crippen LogP contribution in [0, 0.1) is 0 Å². The van der Waals surface area contributed by atoms with Gasteiger partial charge in [-0.2, -0.15) is 0 Å². The molecule has 0 aromatic heterocycles. The molecule has 136 valence electrons. The highest BCUT2D eigenvalue weighted by molar-refractivity contribution is 5.91. The van der Waals surface area contributed by atoms with Crippen LogP contribution in [0.1, 0.15) is 37.7 Å². The molecule has 2 N–H and O–H groups in total. The second-order valence-corrected chi connectivity index (χ2v) is 6.80. The van der Waals surface area contributed by atoms with E-state index in [1.54, 1.807) is 0 Å². The summed E-state index contributed by atoms with van der Waals surface area (Å²) in [6, 6.07) is 14.0. The molecule has 4 heteroatoms. The normalized spacial score (nSPS) is 13.9. The van der Waals surface area contributed by atoms with Crippen molar-refractivity contribution in [3.05, 3.63) is 59.7 Å². The Morgan fingerprint density at radius 3 is 2.62 bits per heavy atom. The van der Waals surface area contributed by atoms with Crippen molar-refractivity contribution in [2.24, 2.45) is 0 Å². The number of rotatable bonds is 7. The smallest absolute Gasteiger partial charge is 0.239 e. The van der Waals surface area contributed by atoms with Crippen molar-refractivity contribution in [1.82, 2.24) is 10.6 Å². The van der Waals surface area contributed by atoms with Crippen molar-refractivity contribution in [2.45, 2.75) is 38.5 Å². The fourth-order valence-electron chi connectivity index (χ4n) is 3.42. The molecule has 1 aliphatic carbocycles. The molecule has 0 heterocycles. The third-order valence-corrected chi connectivity index (χ3v) is 4.83. The minimum Gasteiger partial charge on any atom is -0.354 e. The summed E-state index contributed by atoms with van der Waals surface area (Å²) in [7, 11) is 0. The number of benzene rings is 2. The maximum absolute atomic E-state index is 12.2. The summed E-state index contributed by atoms with van der Waals surface area (Å²) in [5, 5.41) is 7.80. The number of hydrogen-bond donors (Lipinski definition) is 2. The summed E-state index contributed by atoms with van der Waals surface area (Å²) in [4.78, 5) is 24.1. The van der Waals surface area contributed by atoms with Gasteiger partial charge in [-0.15, -0.1) is 0 Å². The third-order valence-electron chi connectivity index (χ3n) is 4.83. The van der Waals surface area contributed by atoms with E-state index in [4.69, 9.17) is 0 Å². The number of carbonyl (C=O) groups excluding carboxylic acids is 2. The van der Waals surface area contributed by atoms with Gasteiger partial charge in [-0.1, -0.05) is 54.1 Å². The lowest BCUT2D eigenvalue weighted by molar-refractivity contribution is -0.125. The van der Waals surface area contributed by atoms with Gasteiger partial charge in [0.05, 0.1) is 13.0 Å². The quantitative estimate of drug-likeness (QED) is 0.751. The van der Waals surface area contributed by atoms with Gasteiger partial charge in [-0.25, -0.2) is 0 Å². The number of fused-ring (bicyclic) bond motifs is 1. The van der Waals surface area contributed by atoms with E-state index in [2.05, 4.69) is 16.7 Å². The first-order valence-electron chi connectivity index (χ1n) is 9.40. The van der Waals surface area contributed by atoms with Gasteiger partial charge in [0.1, 0.15) is 0 Å². The molecular formula is C22H26N2O2. The van der Waals surface area contributed by atoms with Crippen LogP contribution >= 0.6 is 0 Å². The Hall–Kier alpha value is -2.62. The van der Waals surface area contributed by atoms with E-state index < -0.39 is 0 Å². The third kappa shape index (κ3) is 5.19. The van der Waals surface area contributed by atoms with Crippen molar-refractivity contribution in [1.29, 1.82) is 0 Å². The van der Waals surface area contributed by atoms with Gasteiger partial charge in [-0.05, 0) is 48.4 Å². The van der Waals surface area contributed by atoms with Gasteiger partial charge in [0, 0.05) is 6.54 Å². The summed E-state index contributed by atoms with van der Waals surface area (Å²) in [5.74, 6) is -0.265. The Labute approximate surface area is 154 Å². The minimum atomic E-state index is -0.133. The zero-order valence-electron chi connectivity index (χ0n) is 15.1. The van der Waals surface area contributed by atoms with Crippen LogP contribution in [0.5, 0.6) is 0 Å². The van der Waals surface area contributed by atoms with Crippen molar-refractivity contribution in [3.8, 4) is 0 Å². The van der Waals surface area contributed by atoms with Crippen LogP contribution in [0.4, 0.5) is 0 Å². The first kappa shape index (κ1) is 18.2. The summed E-state index contributed by atoms with van der Waals surface area (Å²) in [5.41, 5.74) is 2.42. The van der Waals surface area contributed by atoms with E-state index in [0.717, 1.165) is 35.6 Å². The van der Waals surface area contributed by atoms with E-state index in [9.17, 15) is 9.59 Å². The lowest BCUT2D eigenvalue weighted by atomic mass is 9.97. The van der Waals surface area contributed by atoms with Crippen LogP contribution in [0.2, 0.25) is 0 Å². The largest absolute Gasteiger partial charge is 0.354 e. The van der Waals surface area contributed by atoms with Gasteiger partial charge < -0.3 is 10.6 Å². The molecule has 1 aliphatic rings. The molecule has 2 aromatic rings. The van der Waals surface area contributed by atoms with Crippen molar-refractivity contribution < 1.29 is 9.59 Å². The first-order valence-corrected chi connectivity index (χ1v) is 9.40. The van der Waals surface area contributed by atoms with Gasteiger partial charge in [0.25, 0.3) is 0 Å². The number of hydrogen-bond acceptors (Lipinski definition) is 2. The molecule has 0 aliphatic heterocycles. The average molecular weight is 350 g/mol. The average Bonchev–Trinajstić information content (AvgIpc) is 2.67. The monoisotopic (exact) mass is 350 g/mol. The Morgan fingerprint density at radius 1 is 0.923 bits per heavy atom. The second-order valence-electron chi connectivity index (χ2n) is 6.80. The van der Waals surface area contributed by atoms with Gasteiger partial charge in [0.2, 0.25) is 11.8 Å². The van der Waals surface area contributed by atoms with E-state index in [1.165, 1.54) is 18.4 Å². The second kappa shape index (κ2) is 9.18. The maximum Gasteiger partial charge on any atom is 0.239 e. The number of carbonyl (C=O) groups is 2. The summed E-state index contributed by atoms with van der Waals surface area (Å²) >= 11 is 0. The van der Waals surface area contributed by atoms with Crippen LogP contribution in [-0.2, 0) is 16.0 Å². The summed E-state index contributed by atoms with van der Waals surface area (Å²) in [6.07, 6.45) is 8.33. The summed E-state index contributed by atoms with van der Waals surface area (Å²) < 4.78 is 0. The minimum absolute atomic E-state index is 0.0304. The zero-order valence-corrected chi connectivity index (χ0v) is 15.1. The molecule has 0 bridgehead atoms. The standard InChI is InChI=1S/C22H26N2O2/c25-21(15-19-11-6-10-18-9-4-5-12-20(18)19)24-16-22(26)23-14-13-17-7-2-1-3-8-17/h4-7,9-12H,1-3,8,13-16H2,(H,23,26)(H,24,25). The Kier molecular flexibility index (Phi) is 6.42. The Bertz CT molecular complexity index is 805. The van der Waals surface area contributed by atoms with E-state index >= 15 is 0 Å². The van der Waals surface area contributed by atoms with E-state index in [1.807, 2.05) is 42.5 Å². The fraction of sp³-hybridized carbons (Fsp3) is 0.364. The molecule has 0 fully saturated rings. The van der Waals surface area contributed by atoms with Crippen molar-refractivity contribution in [2.75, 3.05) is 13.1 Å². The first-order chi connectivity index (χ1) is 12.7. The van der Waals surface area contributed by atoms with Crippen LogP contribution in [0.25, 0.3) is 10.8 Å². The predicted molar refractivity (Wildman–Crippen MR) is 105 cm³/mol. The molecule has 0 saturated heterocycles. The SMILES string of the molecule is O=C(CNC(=O)Cc1cccc2ccccc12)NCCC1=CCCCC1. The Balaban J connectivity index is 1.42. The highest BCUT2D eigenvalue weighted by Gasteiger charge is 2.09. The van der Waals surface area contributed by atoms with Gasteiger partial charge in [-0.3, -0.25) is 9.59 Å². The topological polar surface area (TPSA) is 58.2 Å². The molecule has 3 rings (SSSR count). The highest BCUT2D eigenvalue weighted by atomic mass is 16.2. The van der Waals surface area contributed by atoms with E-state index in [0.29, 0.717) is 6.54 Å². The number of nitrogens with one attached hydrogen (secondary N) is 2. The van der Waals surface area contributed by atoms with Crippen LogP contribution in [0.15, 0.2) is 54.1 Å². The molecule has 0 atom stereocenters. The molecular weight excluding hydrogens is 324 g/mol. The zero-order chi connectivity index (χ0) is 18.2. The molecule has 26 heavy (non-hydrogen) atoms. The molecule has 2 amide bonds. The van der Waals surface area contributed by atoms with Gasteiger partial charge in [0.15, 0.2) is 0 Å². The lowest BCUT2D eigenvalue weighted by Crippen LogP contribution is -2.38. The molecule has 0 unspecified atom stereocenters. The Morgan fingerprint density at radius 2 is 1.77 bits per heavy atom. The molecule has 0 saturated carbocycles. The van der Waals surface area contributed by atoms with Crippen molar-refractivity contribution >= 4 is 22.6 Å². The molecule has 4 nitrogen and oxygen atoms in total. The number of amides is 2. The van der Waals surface area contributed by atoms with Crippen LogP contribution in [-0.4, -0.2) is 24.9 Å². The lowest BCUT2D eigenvalue weighted by Gasteiger charge is -2.13. The fourth-order valence-corrected chi connectivity index (χ4v) is 3.42. The summed E-state index contributed by atoms with van der Waals surface area (Å²) in [6.45, 7) is 0.673. The van der Waals surface area contributed by atoms with Crippen LogP contribution < -0.4 is 10.6 Å². The van der Waals surface area contributed by atoms with Crippen molar-refractivity contribution in [3.63, 3.8) is 0 Å². The molecule has 0 radical (unpaired) electrons. The van der Waals surface area contributed by atoms with E-state index in [-0.39, 0.29) is 24.8 Å². The maximum atomic E-state index is 12.2. The van der Waals surface area contributed by atoms with Gasteiger partial charge >= 0.3 is 0 Å². The molecule has 2 aromatic carbocycles. The molecule has 0 spiro atoms. The number of allylic oxidation sites excluding steroid dienone is 1. The highest BCUT2D eigenvalue weighted by Crippen LogP contribution is 2.20. The predicted octanol–water partition coefficient (Wildman–Crippen LogP) is 3.51.